The van der Waals surface area contributed by atoms with E-state index in [4.69, 9.17) is 0 Å². The van der Waals surface area contributed by atoms with E-state index in [-0.39, 0.29) is 12.0 Å². The molecule has 60 valence electrons. The van der Waals surface area contributed by atoms with E-state index < -0.39 is 11.9 Å². The summed E-state index contributed by atoms with van der Waals surface area (Å²) in [4.78, 5) is 21.3. The van der Waals surface area contributed by atoms with Crippen LogP contribution < -0.4 is 0 Å². The van der Waals surface area contributed by atoms with Gasteiger partial charge in [-0.3, -0.25) is 4.79 Å². The van der Waals surface area contributed by atoms with E-state index in [1.165, 1.54) is 13.0 Å². The second kappa shape index (κ2) is 4.44. The molecule has 0 spiro atoms. The Bertz CT molecular complexity index is 203. The maximum atomic E-state index is 10.7. The van der Waals surface area contributed by atoms with Crippen molar-refractivity contribution in [3.05, 3.63) is 24.8 Å². The third-order valence-electron chi connectivity index (χ3n) is 0.866. The van der Waals surface area contributed by atoms with Crippen molar-refractivity contribution < 1.29 is 14.3 Å². The Morgan fingerprint density at radius 3 is 2.45 bits per heavy atom. The number of hydrogen-bond acceptors (Lipinski definition) is 3. The van der Waals surface area contributed by atoms with Crippen molar-refractivity contribution >= 4 is 11.9 Å². The predicted molar refractivity (Wildman–Crippen MR) is 40.7 cm³/mol. The zero-order chi connectivity index (χ0) is 8.85. The van der Waals surface area contributed by atoms with Crippen molar-refractivity contribution in [2.24, 2.45) is 0 Å². The fourth-order valence-corrected chi connectivity index (χ4v) is 0.350. The SMILES string of the molecule is C=CCC(=O)OC(=O)C(=C)C. The molecule has 0 aromatic heterocycles. The van der Waals surface area contributed by atoms with Crippen LogP contribution in [0.2, 0.25) is 0 Å². The standard InChI is InChI=1S/C8H10O3/c1-4-5-7(9)11-8(10)6(2)3/h4H,1-2,5H2,3H3. The van der Waals surface area contributed by atoms with Gasteiger partial charge in [0.2, 0.25) is 0 Å². The number of rotatable bonds is 3. The Balaban J connectivity index is 3.85. The normalized spacial score (nSPS) is 8.45. The van der Waals surface area contributed by atoms with Gasteiger partial charge in [0, 0.05) is 5.57 Å². The average molecular weight is 154 g/mol. The first kappa shape index (κ1) is 9.62. The van der Waals surface area contributed by atoms with Gasteiger partial charge in [0.25, 0.3) is 0 Å². The lowest BCUT2D eigenvalue weighted by molar-refractivity contribution is -0.156. The van der Waals surface area contributed by atoms with Crippen LogP contribution in [0.5, 0.6) is 0 Å². The largest absolute Gasteiger partial charge is 0.389 e. The van der Waals surface area contributed by atoms with E-state index in [1.54, 1.807) is 0 Å². The van der Waals surface area contributed by atoms with Crippen LogP contribution in [-0.2, 0) is 14.3 Å². The molecule has 0 unspecified atom stereocenters. The summed E-state index contributed by atoms with van der Waals surface area (Å²) < 4.78 is 4.30. The zero-order valence-corrected chi connectivity index (χ0v) is 6.42. The molecule has 0 saturated carbocycles. The summed E-state index contributed by atoms with van der Waals surface area (Å²) in [5.41, 5.74) is 0.211. The van der Waals surface area contributed by atoms with Crippen LogP contribution >= 0.6 is 0 Å². The molecule has 0 atom stereocenters. The molecule has 0 amide bonds. The first-order chi connectivity index (χ1) is 5.07. The molecule has 0 N–H and O–H groups in total. The lowest BCUT2D eigenvalue weighted by Crippen LogP contribution is -2.11. The van der Waals surface area contributed by atoms with E-state index in [1.807, 2.05) is 0 Å². The van der Waals surface area contributed by atoms with Crippen LogP contribution in [0.1, 0.15) is 13.3 Å². The van der Waals surface area contributed by atoms with Gasteiger partial charge < -0.3 is 4.74 Å². The number of hydrogen-bond donors (Lipinski definition) is 0. The maximum Gasteiger partial charge on any atom is 0.340 e. The third-order valence-corrected chi connectivity index (χ3v) is 0.866. The monoisotopic (exact) mass is 154 g/mol. The van der Waals surface area contributed by atoms with E-state index in [0.717, 1.165) is 0 Å². The highest BCUT2D eigenvalue weighted by Gasteiger charge is 2.08. The van der Waals surface area contributed by atoms with Gasteiger partial charge in [0.05, 0.1) is 6.42 Å². The first-order valence-electron chi connectivity index (χ1n) is 3.09. The second-order valence-corrected chi connectivity index (χ2v) is 2.03. The molecule has 0 aliphatic carbocycles. The molecule has 0 heterocycles. The van der Waals surface area contributed by atoms with Crippen molar-refractivity contribution in [3.63, 3.8) is 0 Å². The molecule has 0 aromatic carbocycles. The molecule has 0 bridgehead atoms. The molecule has 0 aliphatic rings. The third kappa shape index (κ3) is 4.08. The van der Waals surface area contributed by atoms with Gasteiger partial charge in [-0.1, -0.05) is 12.7 Å². The highest BCUT2D eigenvalue weighted by molar-refractivity contribution is 5.95. The maximum absolute atomic E-state index is 10.7. The fraction of sp³-hybridized carbons (Fsp3) is 0.250. The highest BCUT2D eigenvalue weighted by atomic mass is 16.6. The number of carbonyl (C=O) groups is 2. The number of ether oxygens (including phenoxy) is 1. The summed E-state index contributed by atoms with van der Waals surface area (Å²) >= 11 is 0. The Morgan fingerprint density at radius 2 is 2.09 bits per heavy atom. The molecule has 0 saturated heterocycles. The molecule has 11 heavy (non-hydrogen) atoms. The van der Waals surface area contributed by atoms with Crippen LogP contribution in [-0.4, -0.2) is 11.9 Å². The minimum absolute atomic E-state index is 0.0407. The van der Waals surface area contributed by atoms with Crippen LogP contribution in [0.3, 0.4) is 0 Å². The second-order valence-electron chi connectivity index (χ2n) is 2.03. The van der Waals surface area contributed by atoms with E-state index >= 15 is 0 Å². The fourth-order valence-electron chi connectivity index (χ4n) is 0.350. The van der Waals surface area contributed by atoms with Gasteiger partial charge in [0.15, 0.2) is 0 Å². The van der Waals surface area contributed by atoms with Crippen LogP contribution in [0, 0.1) is 0 Å². The van der Waals surface area contributed by atoms with E-state index in [9.17, 15) is 9.59 Å². The van der Waals surface area contributed by atoms with Crippen molar-refractivity contribution in [2.45, 2.75) is 13.3 Å². The van der Waals surface area contributed by atoms with E-state index in [2.05, 4.69) is 17.9 Å². The molecular formula is C8H10O3. The van der Waals surface area contributed by atoms with Crippen molar-refractivity contribution in [1.82, 2.24) is 0 Å². The molecule has 3 nitrogen and oxygen atoms in total. The summed E-state index contributed by atoms with van der Waals surface area (Å²) in [6.07, 6.45) is 1.41. The number of carbonyl (C=O) groups excluding carboxylic acids is 2. The van der Waals surface area contributed by atoms with Crippen molar-refractivity contribution in [3.8, 4) is 0 Å². The minimum atomic E-state index is -0.683. The lowest BCUT2D eigenvalue weighted by Gasteiger charge is -1.98. The smallest absolute Gasteiger partial charge is 0.340 e. The summed E-state index contributed by atoms with van der Waals surface area (Å²) in [6, 6.07) is 0. The average Bonchev–Trinajstić information content (AvgIpc) is 1.87. The molecule has 0 radical (unpaired) electrons. The molecule has 0 aromatic rings. The van der Waals surface area contributed by atoms with Crippen LogP contribution in [0.4, 0.5) is 0 Å². The minimum Gasteiger partial charge on any atom is -0.389 e. The Hall–Kier alpha value is -1.38. The number of esters is 2. The highest BCUT2D eigenvalue weighted by Crippen LogP contribution is 1.94. The molecule has 3 heteroatoms. The van der Waals surface area contributed by atoms with Crippen LogP contribution in [0.25, 0.3) is 0 Å². The van der Waals surface area contributed by atoms with Crippen molar-refractivity contribution in [2.75, 3.05) is 0 Å². The van der Waals surface area contributed by atoms with E-state index in [0.29, 0.717) is 0 Å². The van der Waals surface area contributed by atoms with Gasteiger partial charge in [-0.05, 0) is 6.92 Å². The topological polar surface area (TPSA) is 43.4 Å². The summed E-state index contributed by atoms with van der Waals surface area (Å²) in [5.74, 6) is -1.29. The molecule has 0 rings (SSSR count). The predicted octanol–water partition coefficient (Wildman–Crippen LogP) is 1.21. The van der Waals surface area contributed by atoms with Gasteiger partial charge in [-0.2, -0.15) is 0 Å². The quantitative estimate of drug-likeness (QED) is 0.265. The molecule has 0 aliphatic heterocycles. The van der Waals surface area contributed by atoms with Gasteiger partial charge in [0.1, 0.15) is 0 Å². The lowest BCUT2D eigenvalue weighted by atomic mass is 10.3. The molecule has 0 fully saturated rings. The summed E-state index contributed by atoms with van der Waals surface area (Å²) in [7, 11) is 0. The molecular weight excluding hydrogens is 144 g/mol. The Labute approximate surface area is 65.4 Å². The Kier molecular flexibility index (Phi) is 3.88. The van der Waals surface area contributed by atoms with Crippen molar-refractivity contribution in [1.29, 1.82) is 0 Å². The Morgan fingerprint density at radius 1 is 1.55 bits per heavy atom. The summed E-state index contributed by atoms with van der Waals surface area (Å²) in [6.45, 7) is 8.11. The zero-order valence-electron chi connectivity index (χ0n) is 6.42. The first-order valence-corrected chi connectivity index (χ1v) is 3.09. The van der Waals surface area contributed by atoms with Gasteiger partial charge in [-0.25, -0.2) is 4.79 Å². The van der Waals surface area contributed by atoms with Gasteiger partial charge >= 0.3 is 11.9 Å². The summed E-state index contributed by atoms with van der Waals surface area (Å²) in [5, 5.41) is 0. The van der Waals surface area contributed by atoms with Crippen LogP contribution in [0.15, 0.2) is 24.8 Å². The van der Waals surface area contributed by atoms with Gasteiger partial charge in [-0.15, -0.1) is 6.58 Å².